The average molecular weight is 1200 g/mol. The Bertz CT molecular complexity index is 2650. The highest BCUT2D eigenvalue weighted by Gasteiger charge is 2.40. The third kappa shape index (κ3) is 23.2. The fourth-order valence-corrected chi connectivity index (χ4v) is 9.61. The summed E-state index contributed by atoms with van der Waals surface area (Å²) in [6, 6.07) is 8.34. The number of rotatable bonds is 31. The summed E-state index contributed by atoms with van der Waals surface area (Å²) < 4.78 is 59.1. The van der Waals surface area contributed by atoms with Gasteiger partial charge < -0.3 is 66.3 Å². The number of hydrogen-bond acceptors (Lipinski definition) is 20. The third-order valence-corrected chi connectivity index (χ3v) is 13.9. The number of hydrogen-bond donors (Lipinski definition) is 8. The molecule has 2 saturated heterocycles. The number of nitrogens with one attached hydrogen (secondary N) is 4. The van der Waals surface area contributed by atoms with E-state index in [1.54, 1.807) is 38.8 Å². The van der Waals surface area contributed by atoms with Crippen LogP contribution in [0, 0.1) is 0 Å². The van der Waals surface area contributed by atoms with Crippen molar-refractivity contribution < 1.29 is 76.3 Å². The average Bonchev–Trinajstić information content (AvgIpc) is 1.92. The van der Waals surface area contributed by atoms with E-state index in [0.29, 0.717) is 55.4 Å². The van der Waals surface area contributed by atoms with Crippen molar-refractivity contribution in [2.45, 2.75) is 64.8 Å². The second-order valence-corrected chi connectivity index (χ2v) is 20.2. The van der Waals surface area contributed by atoms with Crippen molar-refractivity contribution in [3.05, 3.63) is 59.5 Å². The van der Waals surface area contributed by atoms with E-state index in [0.717, 1.165) is 11.8 Å². The first-order valence-corrected chi connectivity index (χ1v) is 28.4. The summed E-state index contributed by atoms with van der Waals surface area (Å²) in [5.74, 6) is -5.11. The Morgan fingerprint density at radius 2 is 1.28 bits per heavy atom. The highest BCUT2D eigenvalue weighted by atomic mass is 19.4. The Hall–Kier alpha value is -7.35. The minimum absolute atomic E-state index is 0.0597. The van der Waals surface area contributed by atoms with Crippen LogP contribution in [0.5, 0.6) is 11.8 Å². The van der Waals surface area contributed by atoms with Crippen molar-refractivity contribution in [1.29, 1.82) is 0 Å². The standard InChI is InChI=1S/C55H81F3N14O13/c1-4-38-33-71(54(82)40-10-13-47(84-5-2)66-51(40)55(56,57)58)27-28-72(38)44-12-11-42(39-9-7-15-64-53(39)85-6-3)65-43(44)32-60-14-8-16-63-52(81)41(59)31-45(73)61-17-29-83-30-18-62-46(74)34-67-19-21-68(35-48(75)76)23-25-70(37-50(79)80)26-24-69(22-20-67)36-49(77)78/h7,9-13,15,38,41,60H,4-6,8,14,16-37,59H2,1-3H3,(H,61,73)(H,62,74)(H,63,81)(H,75,76)(H,77,78)(H,79,80). The maximum absolute atomic E-state index is 14.2. The molecule has 85 heavy (non-hydrogen) atoms. The van der Waals surface area contributed by atoms with Crippen LogP contribution >= 0.6 is 0 Å². The van der Waals surface area contributed by atoms with Crippen molar-refractivity contribution in [2.24, 2.45) is 5.73 Å². The number of aromatic nitrogens is 3. The number of carboxylic acids is 3. The van der Waals surface area contributed by atoms with E-state index in [1.165, 1.54) is 11.0 Å². The van der Waals surface area contributed by atoms with Gasteiger partial charge in [0.25, 0.3) is 5.91 Å². The highest BCUT2D eigenvalue weighted by Crippen LogP contribution is 2.35. The summed E-state index contributed by atoms with van der Waals surface area (Å²) in [5.41, 5.74) is 6.90. The lowest BCUT2D eigenvalue weighted by Crippen LogP contribution is -2.55. The van der Waals surface area contributed by atoms with E-state index in [4.69, 9.17) is 24.9 Å². The van der Waals surface area contributed by atoms with Crippen molar-refractivity contribution in [3.8, 4) is 23.0 Å². The van der Waals surface area contributed by atoms with Gasteiger partial charge in [-0.15, -0.1) is 0 Å². The number of aliphatic carboxylic acids is 3. The summed E-state index contributed by atoms with van der Waals surface area (Å²) >= 11 is 0. The number of ether oxygens (including phenoxy) is 3. The molecule has 0 aromatic carbocycles. The minimum atomic E-state index is -4.89. The zero-order valence-corrected chi connectivity index (χ0v) is 48.4. The molecule has 0 saturated carbocycles. The predicted molar refractivity (Wildman–Crippen MR) is 304 cm³/mol. The molecule has 30 heteroatoms. The molecule has 9 N–H and O–H groups in total. The summed E-state index contributed by atoms with van der Waals surface area (Å²) in [6.07, 6.45) is -2.53. The number of halogens is 3. The number of nitrogens with two attached hydrogens (primary N) is 1. The Morgan fingerprint density at radius 1 is 0.694 bits per heavy atom. The fraction of sp³-hybridized carbons (Fsp3) is 0.600. The lowest BCUT2D eigenvalue weighted by atomic mass is 10.0. The van der Waals surface area contributed by atoms with Crippen LogP contribution in [-0.4, -0.2) is 259 Å². The van der Waals surface area contributed by atoms with Gasteiger partial charge >= 0.3 is 24.1 Å². The van der Waals surface area contributed by atoms with Gasteiger partial charge in [0.1, 0.15) is 0 Å². The molecule has 2 unspecified atom stereocenters. The van der Waals surface area contributed by atoms with E-state index >= 15 is 0 Å². The Kier molecular flexibility index (Phi) is 28.3. The van der Waals surface area contributed by atoms with Gasteiger partial charge in [0, 0.05) is 116 Å². The second kappa shape index (κ2) is 35.2. The van der Waals surface area contributed by atoms with Crippen LogP contribution in [0.25, 0.3) is 11.3 Å². The van der Waals surface area contributed by atoms with Gasteiger partial charge in [0.2, 0.25) is 29.5 Å². The van der Waals surface area contributed by atoms with Crippen LogP contribution in [0.1, 0.15) is 61.8 Å². The molecular formula is C55H81F3N14O13. The molecule has 2 aliphatic rings. The molecule has 3 aromatic heterocycles. The number of amides is 4. The van der Waals surface area contributed by atoms with Crippen molar-refractivity contribution >= 4 is 47.2 Å². The predicted octanol–water partition coefficient (Wildman–Crippen LogP) is 0.133. The van der Waals surface area contributed by atoms with Crippen molar-refractivity contribution in [2.75, 3.05) is 156 Å². The zero-order valence-electron chi connectivity index (χ0n) is 48.4. The zero-order chi connectivity index (χ0) is 61.9. The third-order valence-electron chi connectivity index (χ3n) is 13.9. The largest absolute Gasteiger partial charge is 0.480 e. The number of carbonyl (C=O) groups excluding carboxylic acids is 4. The number of carbonyl (C=O) groups is 7. The van der Waals surface area contributed by atoms with Crippen LogP contribution in [0.15, 0.2) is 42.6 Å². The summed E-state index contributed by atoms with van der Waals surface area (Å²) in [4.78, 5) is 110. The first kappa shape index (κ1) is 68.4. The molecule has 0 spiro atoms. The number of carboxylic acid groups (broad SMARTS) is 3. The lowest BCUT2D eigenvalue weighted by Gasteiger charge is -2.43. The van der Waals surface area contributed by atoms with E-state index in [1.807, 2.05) is 32.0 Å². The second-order valence-electron chi connectivity index (χ2n) is 20.2. The molecule has 2 atom stereocenters. The van der Waals surface area contributed by atoms with Gasteiger partial charge in [0.15, 0.2) is 5.69 Å². The van der Waals surface area contributed by atoms with Gasteiger partial charge in [-0.25, -0.2) is 15.0 Å². The van der Waals surface area contributed by atoms with Crippen LogP contribution in [0.3, 0.4) is 0 Å². The quantitative estimate of drug-likeness (QED) is 0.0397. The normalized spacial score (nSPS) is 16.6. The summed E-state index contributed by atoms with van der Waals surface area (Å²) in [7, 11) is 0. The Morgan fingerprint density at radius 3 is 1.85 bits per heavy atom. The van der Waals surface area contributed by atoms with Crippen LogP contribution in [0.2, 0.25) is 0 Å². The van der Waals surface area contributed by atoms with Gasteiger partial charge in [-0.05, 0) is 63.6 Å². The number of alkyl halides is 3. The molecule has 2 fully saturated rings. The number of pyridine rings is 3. The van der Waals surface area contributed by atoms with Crippen LogP contribution < -0.4 is 41.4 Å². The Labute approximate surface area is 491 Å². The van der Waals surface area contributed by atoms with E-state index in [-0.39, 0.29) is 162 Å². The molecule has 5 heterocycles. The molecule has 4 amide bonds. The molecule has 470 valence electrons. The topological polar surface area (TPSA) is 340 Å². The first-order chi connectivity index (χ1) is 40.7. The molecule has 0 bridgehead atoms. The van der Waals surface area contributed by atoms with E-state index < -0.39 is 59.1 Å². The van der Waals surface area contributed by atoms with Crippen LogP contribution in [-0.2, 0) is 46.2 Å². The van der Waals surface area contributed by atoms with Gasteiger partial charge in [-0.1, -0.05) is 6.92 Å². The monoisotopic (exact) mass is 1200 g/mol. The first-order valence-electron chi connectivity index (χ1n) is 28.4. The van der Waals surface area contributed by atoms with Crippen LogP contribution in [0.4, 0.5) is 18.9 Å². The number of nitrogens with zero attached hydrogens (tertiary/aromatic N) is 9. The molecule has 27 nitrogen and oxygen atoms in total. The summed E-state index contributed by atoms with van der Waals surface area (Å²) in [5, 5.41) is 39.9. The summed E-state index contributed by atoms with van der Waals surface area (Å²) in [6.45, 7) is 9.03. The maximum atomic E-state index is 14.2. The van der Waals surface area contributed by atoms with Crippen molar-refractivity contribution in [3.63, 3.8) is 0 Å². The SMILES string of the molecule is CCOc1ccc(C(=O)N2CCN(c3ccc(-c4cccnc4OCC)nc3CNCCCNC(=O)C(N)CC(=O)NCCOCCNC(=O)CN3CCN(CC(=O)O)CCN(CC(=O)O)CCN(CC(=O)O)CC3)C(CC)C2)c(C(F)(F)F)n1. The smallest absolute Gasteiger partial charge is 0.434 e. The van der Waals surface area contributed by atoms with Gasteiger partial charge in [0.05, 0.1) is 93.3 Å². The number of anilines is 1. The maximum Gasteiger partial charge on any atom is 0.434 e. The minimum Gasteiger partial charge on any atom is -0.480 e. The molecule has 2 aliphatic heterocycles. The van der Waals surface area contributed by atoms with Crippen molar-refractivity contribution in [1.82, 2.24) is 60.7 Å². The molecule has 0 radical (unpaired) electrons. The van der Waals surface area contributed by atoms with E-state index in [2.05, 4.69) is 36.1 Å². The van der Waals surface area contributed by atoms with Gasteiger partial charge in [-0.2, -0.15) is 13.2 Å². The highest BCUT2D eigenvalue weighted by molar-refractivity contribution is 5.96. The van der Waals surface area contributed by atoms with Gasteiger partial charge in [-0.3, -0.25) is 53.2 Å². The lowest BCUT2D eigenvalue weighted by molar-refractivity contribution is -0.142. The Balaban J connectivity index is 1.05. The molecule has 3 aromatic rings. The molecular weight excluding hydrogens is 1120 g/mol. The number of piperazine rings is 1. The fourth-order valence-electron chi connectivity index (χ4n) is 9.61. The van der Waals surface area contributed by atoms with E-state index in [9.17, 15) is 62.1 Å². The molecule has 0 aliphatic carbocycles. The molecule has 5 rings (SSSR count).